The lowest BCUT2D eigenvalue weighted by molar-refractivity contribution is -0.220. The first-order valence-electron chi connectivity index (χ1n) is 10.3. The van der Waals surface area contributed by atoms with E-state index in [-0.39, 0.29) is 24.2 Å². The van der Waals surface area contributed by atoms with Crippen molar-refractivity contribution in [3.63, 3.8) is 0 Å². The summed E-state index contributed by atoms with van der Waals surface area (Å²) in [4.78, 5) is 0. The van der Waals surface area contributed by atoms with Crippen molar-refractivity contribution in [2.24, 2.45) is 11.8 Å². The zero-order valence-corrected chi connectivity index (χ0v) is 17.9. The molecule has 1 rings (SSSR count). The molecular formula is C22H40O5. The van der Waals surface area contributed by atoms with Crippen molar-refractivity contribution in [3.8, 4) is 0 Å². The van der Waals surface area contributed by atoms with Crippen molar-refractivity contribution in [1.82, 2.24) is 0 Å². The molecule has 5 nitrogen and oxygen atoms in total. The third-order valence-corrected chi connectivity index (χ3v) is 5.72. The lowest BCUT2D eigenvalue weighted by Crippen LogP contribution is -2.40. The van der Waals surface area contributed by atoms with E-state index in [0.29, 0.717) is 12.3 Å². The number of aliphatic hydroxyl groups excluding tert-OH is 2. The maximum absolute atomic E-state index is 10.4. The van der Waals surface area contributed by atoms with Gasteiger partial charge in [-0.3, -0.25) is 0 Å². The molecule has 2 N–H and O–H groups in total. The number of methoxy groups -OCH3 is 2. The average molecular weight is 385 g/mol. The van der Waals surface area contributed by atoms with Gasteiger partial charge in [0.05, 0.1) is 18.3 Å². The van der Waals surface area contributed by atoms with Gasteiger partial charge in [0.1, 0.15) is 6.10 Å². The minimum Gasteiger partial charge on any atom is -0.393 e. The van der Waals surface area contributed by atoms with E-state index in [1.165, 1.54) is 0 Å². The highest BCUT2D eigenvalue weighted by Gasteiger charge is 2.30. The molecule has 27 heavy (non-hydrogen) atoms. The van der Waals surface area contributed by atoms with Crippen molar-refractivity contribution >= 4 is 0 Å². The minimum absolute atomic E-state index is 0.0379. The Balaban J connectivity index is 2.47. The summed E-state index contributed by atoms with van der Waals surface area (Å²) >= 11 is 0. The van der Waals surface area contributed by atoms with E-state index in [1.807, 2.05) is 32.1 Å². The Hall–Kier alpha value is -0.720. The summed E-state index contributed by atoms with van der Waals surface area (Å²) < 4.78 is 16.5. The van der Waals surface area contributed by atoms with Gasteiger partial charge in [-0.1, -0.05) is 39.0 Å². The maximum atomic E-state index is 10.4. The van der Waals surface area contributed by atoms with E-state index in [1.54, 1.807) is 14.2 Å². The van der Waals surface area contributed by atoms with Gasteiger partial charge in [0.25, 0.3) is 0 Å². The van der Waals surface area contributed by atoms with Gasteiger partial charge in [-0.05, 0) is 50.5 Å². The highest BCUT2D eigenvalue weighted by atomic mass is 16.7. The first kappa shape index (κ1) is 24.3. The Bertz CT molecular complexity index is 458. The number of hydrogen-bond donors (Lipinski definition) is 2. The van der Waals surface area contributed by atoms with Crippen LogP contribution in [0.4, 0.5) is 0 Å². The second-order valence-corrected chi connectivity index (χ2v) is 7.83. The normalized spacial score (nSPS) is 28.9. The molecule has 0 aliphatic carbocycles. The van der Waals surface area contributed by atoms with Crippen LogP contribution in [-0.4, -0.2) is 55.1 Å². The lowest BCUT2D eigenvalue weighted by atomic mass is 9.91. The molecule has 7 atom stereocenters. The topological polar surface area (TPSA) is 68.2 Å². The first-order valence-corrected chi connectivity index (χ1v) is 10.3. The van der Waals surface area contributed by atoms with Crippen LogP contribution in [0.25, 0.3) is 0 Å². The summed E-state index contributed by atoms with van der Waals surface area (Å²) in [6.07, 6.45) is 8.99. The summed E-state index contributed by atoms with van der Waals surface area (Å²) in [5.74, 6) is 0.533. The zero-order valence-electron chi connectivity index (χ0n) is 17.9. The largest absolute Gasteiger partial charge is 0.393 e. The molecular weight excluding hydrogens is 344 g/mol. The lowest BCUT2D eigenvalue weighted by Gasteiger charge is -2.33. The van der Waals surface area contributed by atoms with E-state index in [9.17, 15) is 10.2 Å². The Labute approximate surface area is 165 Å². The summed E-state index contributed by atoms with van der Waals surface area (Å²) in [5.41, 5.74) is 1.10. The smallest absolute Gasteiger partial charge is 0.183 e. The second kappa shape index (κ2) is 12.7. The second-order valence-electron chi connectivity index (χ2n) is 7.83. The van der Waals surface area contributed by atoms with Crippen LogP contribution < -0.4 is 0 Å². The molecule has 1 heterocycles. The fourth-order valence-electron chi connectivity index (χ4n) is 3.63. The fraction of sp³-hybridized carbons (Fsp3) is 0.818. The van der Waals surface area contributed by atoms with Gasteiger partial charge in [-0.2, -0.15) is 0 Å². The van der Waals surface area contributed by atoms with Crippen molar-refractivity contribution in [2.45, 2.75) is 90.5 Å². The molecule has 0 bridgehead atoms. The van der Waals surface area contributed by atoms with Gasteiger partial charge in [0.15, 0.2) is 6.29 Å². The molecule has 5 heteroatoms. The average Bonchev–Trinajstić information content (AvgIpc) is 2.67. The summed E-state index contributed by atoms with van der Waals surface area (Å²) in [5, 5.41) is 20.2. The number of allylic oxidation sites excluding steroid dienone is 2. The van der Waals surface area contributed by atoms with E-state index in [4.69, 9.17) is 14.2 Å². The number of hydrogen-bond acceptors (Lipinski definition) is 5. The van der Waals surface area contributed by atoms with Gasteiger partial charge in [-0.15, -0.1) is 0 Å². The van der Waals surface area contributed by atoms with Crippen LogP contribution in [0.3, 0.4) is 0 Å². The number of rotatable bonds is 11. The van der Waals surface area contributed by atoms with Crippen LogP contribution in [-0.2, 0) is 14.2 Å². The van der Waals surface area contributed by atoms with E-state index in [2.05, 4.69) is 13.8 Å². The van der Waals surface area contributed by atoms with E-state index < -0.39 is 12.4 Å². The van der Waals surface area contributed by atoms with Crippen molar-refractivity contribution in [2.75, 3.05) is 14.2 Å². The molecule has 1 fully saturated rings. The standard InChI is InChI=1S/C22H40O5/c1-7-20(25-5)17(4)11-12-18(23)15(2)9-8-10-16(3)21-14-13-19(24)22(26-6)27-21/h8-10,15,17-24H,7,11-14H2,1-6H3/b9-8+,16-10+. The molecule has 0 amide bonds. The van der Waals surface area contributed by atoms with Crippen LogP contribution in [0.15, 0.2) is 23.8 Å². The first-order chi connectivity index (χ1) is 12.8. The van der Waals surface area contributed by atoms with Crippen molar-refractivity contribution in [3.05, 3.63) is 23.8 Å². The molecule has 1 aliphatic heterocycles. The Morgan fingerprint density at radius 2 is 1.93 bits per heavy atom. The molecule has 1 saturated heterocycles. The third kappa shape index (κ3) is 8.04. The number of ether oxygens (including phenoxy) is 3. The predicted octanol–water partition coefficient (Wildman–Crippen LogP) is 3.84. The molecule has 0 radical (unpaired) electrons. The monoisotopic (exact) mass is 384 g/mol. The zero-order chi connectivity index (χ0) is 20.4. The summed E-state index contributed by atoms with van der Waals surface area (Å²) in [6, 6.07) is 0. The highest BCUT2D eigenvalue weighted by molar-refractivity contribution is 5.16. The fourth-order valence-corrected chi connectivity index (χ4v) is 3.63. The van der Waals surface area contributed by atoms with Gasteiger partial charge in [-0.25, -0.2) is 0 Å². The van der Waals surface area contributed by atoms with Crippen LogP contribution in [0.5, 0.6) is 0 Å². The molecule has 0 aromatic carbocycles. The predicted molar refractivity (Wildman–Crippen MR) is 108 cm³/mol. The van der Waals surface area contributed by atoms with Crippen molar-refractivity contribution in [1.29, 1.82) is 0 Å². The van der Waals surface area contributed by atoms with Crippen molar-refractivity contribution < 1.29 is 24.4 Å². The van der Waals surface area contributed by atoms with Crippen LogP contribution in [0.2, 0.25) is 0 Å². The quantitative estimate of drug-likeness (QED) is 0.530. The van der Waals surface area contributed by atoms with Crippen LogP contribution in [0, 0.1) is 11.8 Å². The molecule has 7 unspecified atom stereocenters. The third-order valence-electron chi connectivity index (χ3n) is 5.72. The molecule has 1 aliphatic rings. The molecule has 0 spiro atoms. The van der Waals surface area contributed by atoms with Crippen LogP contribution >= 0.6 is 0 Å². The summed E-state index contributed by atoms with van der Waals surface area (Å²) in [6.45, 7) is 8.38. The van der Waals surface area contributed by atoms with Gasteiger partial charge in [0.2, 0.25) is 0 Å². The van der Waals surface area contributed by atoms with Crippen LogP contribution in [0.1, 0.15) is 59.8 Å². The summed E-state index contributed by atoms with van der Waals surface area (Å²) in [7, 11) is 3.31. The van der Waals surface area contributed by atoms with Gasteiger partial charge < -0.3 is 24.4 Å². The van der Waals surface area contributed by atoms with Gasteiger partial charge >= 0.3 is 0 Å². The molecule has 0 aromatic rings. The van der Waals surface area contributed by atoms with E-state index >= 15 is 0 Å². The minimum atomic E-state index is -0.558. The van der Waals surface area contributed by atoms with Gasteiger partial charge in [0, 0.05) is 20.1 Å². The number of aliphatic hydroxyl groups is 2. The molecule has 0 aromatic heterocycles. The Kier molecular flexibility index (Phi) is 11.4. The highest BCUT2D eigenvalue weighted by Crippen LogP contribution is 2.25. The Morgan fingerprint density at radius 3 is 2.52 bits per heavy atom. The van der Waals surface area contributed by atoms with E-state index in [0.717, 1.165) is 31.3 Å². The molecule has 158 valence electrons. The Morgan fingerprint density at radius 1 is 1.22 bits per heavy atom. The SMILES string of the molecule is CCC(OC)C(C)CCC(O)C(C)/C=C/C=C(\C)C1CCC(O)C(OC)O1. The molecule has 0 saturated carbocycles. The maximum Gasteiger partial charge on any atom is 0.183 e.